The van der Waals surface area contributed by atoms with Gasteiger partial charge in [0.25, 0.3) is 0 Å². The third kappa shape index (κ3) is 3.75. The molecule has 0 saturated carbocycles. The van der Waals surface area contributed by atoms with Crippen molar-refractivity contribution in [2.24, 2.45) is 4.99 Å². The maximum Gasteiger partial charge on any atom is 0.147 e. The molecule has 1 heterocycles. The average molecular weight is 396 g/mol. The molecular formula is C18H17BrClFN2. The number of anilines is 1. The molecule has 0 aliphatic carbocycles. The van der Waals surface area contributed by atoms with E-state index >= 15 is 0 Å². The number of hydrogen-bond donors (Lipinski definition) is 0. The van der Waals surface area contributed by atoms with E-state index in [1.54, 1.807) is 18.3 Å². The molecule has 2 aromatic rings. The first-order valence-electron chi connectivity index (χ1n) is 7.59. The van der Waals surface area contributed by atoms with Crippen LogP contribution in [-0.2, 0) is 0 Å². The van der Waals surface area contributed by atoms with Crippen molar-refractivity contribution in [3.05, 3.63) is 56.8 Å². The van der Waals surface area contributed by atoms with E-state index in [-0.39, 0.29) is 5.82 Å². The Hall–Kier alpha value is -1.39. The van der Waals surface area contributed by atoms with Gasteiger partial charge in [0, 0.05) is 23.8 Å². The molecule has 2 nitrogen and oxygen atoms in total. The lowest BCUT2D eigenvalue weighted by molar-refractivity contribution is 0.622. The van der Waals surface area contributed by atoms with E-state index in [2.05, 4.69) is 25.8 Å². The number of aliphatic imine (C=N–C) groups is 1. The molecular weight excluding hydrogens is 379 g/mol. The summed E-state index contributed by atoms with van der Waals surface area (Å²) in [7, 11) is 0. The third-order valence-electron chi connectivity index (χ3n) is 4.04. The van der Waals surface area contributed by atoms with E-state index < -0.39 is 0 Å². The van der Waals surface area contributed by atoms with E-state index in [0.29, 0.717) is 10.7 Å². The van der Waals surface area contributed by atoms with Crippen molar-refractivity contribution in [3.63, 3.8) is 0 Å². The molecule has 3 rings (SSSR count). The maximum absolute atomic E-state index is 14.4. The number of nitrogens with zero attached hydrogens (tertiary/aromatic N) is 2. The summed E-state index contributed by atoms with van der Waals surface area (Å²) < 4.78 is 15.2. The normalized spacial score (nSPS) is 14.9. The van der Waals surface area contributed by atoms with E-state index in [1.807, 2.05) is 25.1 Å². The molecule has 0 aromatic heterocycles. The van der Waals surface area contributed by atoms with Gasteiger partial charge in [-0.05, 0) is 77.2 Å². The van der Waals surface area contributed by atoms with E-state index in [9.17, 15) is 4.39 Å². The molecule has 0 bridgehead atoms. The zero-order valence-corrected chi connectivity index (χ0v) is 15.2. The standard InChI is InChI=1S/C18H17BrClFN2/c1-12-8-18(23-6-2-3-7-23)17(21)9-13(12)11-22-14-4-5-15(19)16(20)10-14/h4-5,8-11H,2-3,6-7H2,1H3. The predicted octanol–water partition coefficient (Wildman–Crippen LogP) is 5.90. The fourth-order valence-corrected chi connectivity index (χ4v) is 3.15. The van der Waals surface area contributed by atoms with Gasteiger partial charge in [-0.25, -0.2) is 4.39 Å². The highest BCUT2D eigenvalue weighted by molar-refractivity contribution is 9.10. The summed E-state index contributed by atoms with van der Waals surface area (Å²) in [6, 6.07) is 8.95. The largest absolute Gasteiger partial charge is 0.369 e. The monoisotopic (exact) mass is 394 g/mol. The zero-order valence-electron chi connectivity index (χ0n) is 12.8. The molecule has 2 aromatic carbocycles. The molecule has 120 valence electrons. The van der Waals surface area contributed by atoms with Gasteiger partial charge in [0.05, 0.1) is 16.4 Å². The van der Waals surface area contributed by atoms with Crippen molar-refractivity contribution < 1.29 is 4.39 Å². The number of benzene rings is 2. The Morgan fingerprint density at radius 1 is 1.22 bits per heavy atom. The summed E-state index contributed by atoms with van der Waals surface area (Å²) in [5, 5.41) is 0.604. The van der Waals surface area contributed by atoms with Gasteiger partial charge < -0.3 is 4.90 Å². The second-order valence-electron chi connectivity index (χ2n) is 5.71. The van der Waals surface area contributed by atoms with E-state index in [4.69, 9.17) is 11.6 Å². The maximum atomic E-state index is 14.4. The van der Waals surface area contributed by atoms with Crippen LogP contribution < -0.4 is 4.90 Å². The van der Waals surface area contributed by atoms with E-state index in [0.717, 1.165) is 47.2 Å². The zero-order chi connectivity index (χ0) is 16.4. The highest BCUT2D eigenvalue weighted by Gasteiger charge is 2.17. The Balaban J connectivity index is 1.86. The lowest BCUT2D eigenvalue weighted by Gasteiger charge is -2.19. The molecule has 0 amide bonds. The van der Waals surface area contributed by atoms with Gasteiger partial charge in [-0.1, -0.05) is 11.6 Å². The number of aryl methyl sites for hydroxylation is 1. The second-order valence-corrected chi connectivity index (χ2v) is 6.97. The first kappa shape index (κ1) is 16.5. The summed E-state index contributed by atoms with van der Waals surface area (Å²) in [5.74, 6) is -0.187. The first-order chi connectivity index (χ1) is 11.0. The molecule has 23 heavy (non-hydrogen) atoms. The van der Waals surface area contributed by atoms with Gasteiger partial charge in [-0.3, -0.25) is 4.99 Å². The van der Waals surface area contributed by atoms with Crippen LogP contribution in [0.1, 0.15) is 24.0 Å². The van der Waals surface area contributed by atoms with Crippen LogP contribution in [0, 0.1) is 12.7 Å². The summed E-state index contributed by atoms with van der Waals surface area (Å²) in [4.78, 5) is 6.51. The summed E-state index contributed by atoms with van der Waals surface area (Å²) in [6.45, 7) is 3.84. The Labute approximate surface area is 149 Å². The molecule has 1 aliphatic heterocycles. The quantitative estimate of drug-likeness (QED) is 0.591. The first-order valence-corrected chi connectivity index (χ1v) is 8.76. The predicted molar refractivity (Wildman–Crippen MR) is 99.0 cm³/mol. The fraction of sp³-hybridized carbons (Fsp3) is 0.278. The summed E-state index contributed by atoms with van der Waals surface area (Å²) in [6.07, 6.45) is 3.95. The minimum Gasteiger partial charge on any atom is -0.369 e. The van der Waals surface area contributed by atoms with Crippen molar-refractivity contribution in [1.82, 2.24) is 0 Å². The Morgan fingerprint density at radius 3 is 2.65 bits per heavy atom. The van der Waals surface area contributed by atoms with Crippen LogP contribution in [0.4, 0.5) is 15.8 Å². The Bertz CT molecular complexity index is 755. The van der Waals surface area contributed by atoms with Crippen molar-refractivity contribution in [2.75, 3.05) is 18.0 Å². The van der Waals surface area contributed by atoms with Crippen molar-refractivity contribution in [2.45, 2.75) is 19.8 Å². The lowest BCUT2D eigenvalue weighted by atomic mass is 10.1. The minimum atomic E-state index is -0.187. The number of hydrogen-bond acceptors (Lipinski definition) is 2. The average Bonchev–Trinajstić information content (AvgIpc) is 3.05. The molecule has 0 spiro atoms. The van der Waals surface area contributed by atoms with Gasteiger partial charge in [0.15, 0.2) is 0 Å². The molecule has 1 saturated heterocycles. The highest BCUT2D eigenvalue weighted by Crippen LogP contribution is 2.28. The van der Waals surface area contributed by atoms with Crippen LogP contribution in [0.5, 0.6) is 0 Å². The minimum absolute atomic E-state index is 0.187. The van der Waals surface area contributed by atoms with Crippen LogP contribution in [-0.4, -0.2) is 19.3 Å². The van der Waals surface area contributed by atoms with Crippen LogP contribution in [0.3, 0.4) is 0 Å². The van der Waals surface area contributed by atoms with Crippen LogP contribution >= 0.6 is 27.5 Å². The van der Waals surface area contributed by atoms with Crippen LogP contribution in [0.2, 0.25) is 5.02 Å². The van der Waals surface area contributed by atoms with Crippen LogP contribution in [0.15, 0.2) is 39.8 Å². The van der Waals surface area contributed by atoms with Gasteiger partial charge in [-0.15, -0.1) is 0 Å². The summed E-state index contributed by atoms with van der Waals surface area (Å²) in [5.41, 5.74) is 3.23. The Kier molecular flexibility index (Phi) is 5.02. The SMILES string of the molecule is Cc1cc(N2CCCC2)c(F)cc1C=Nc1ccc(Br)c(Cl)c1. The third-order valence-corrected chi connectivity index (χ3v) is 5.27. The molecule has 0 atom stereocenters. The van der Waals surface area contributed by atoms with E-state index in [1.165, 1.54) is 0 Å². The van der Waals surface area contributed by atoms with Crippen molar-refractivity contribution in [3.8, 4) is 0 Å². The number of rotatable bonds is 3. The molecule has 1 aliphatic rings. The van der Waals surface area contributed by atoms with Gasteiger partial charge in [0.2, 0.25) is 0 Å². The molecule has 0 unspecified atom stereocenters. The summed E-state index contributed by atoms with van der Waals surface area (Å²) >= 11 is 9.41. The fourth-order valence-electron chi connectivity index (χ4n) is 2.73. The second kappa shape index (κ2) is 7.02. The Morgan fingerprint density at radius 2 is 1.96 bits per heavy atom. The van der Waals surface area contributed by atoms with Crippen LogP contribution in [0.25, 0.3) is 0 Å². The molecule has 1 fully saturated rings. The smallest absolute Gasteiger partial charge is 0.147 e. The molecule has 0 radical (unpaired) electrons. The highest BCUT2D eigenvalue weighted by atomic mass is 79.9. The van der Waals surface area contributed by atoms with Gasteiger partial charge in [-0.2, -0.15) is 0 Å². The van der Waals surface area contributed by atoms with Gasteiger partial charge >= 0.3 is 0 Å². The lowest BCUT2D eigenvalue weighted by Crippen LogP contribution is -2.19. The topological polar surface area (TPSA) is 15.6 Å². The van der Waals surface area contributed by atoms with Gasteiger partial charge in [0.1, 0.15) is 5.82 Å². The van der Waals surface area contributed by atoms with Crippen molar-refractivity contribution in [1.29, 1.82) is 0 Å². The molecule has 5 heteroatoms. The number of halogens is 3. The molecule has 0 N–H and O–H groups in total. The van der Waals surface area contributed by atoms with Crippen molar-refractivity contribution >= 4 is 45.1 Å².